The summed E-state index contributed by atoms with van der Waals surface area (Å²) in [6.45, 7) is 18.4. The molecule has 21 nitrogen and oxygen atoms in total. The molecule has 0 radical (unpaired) electrons. The number of carbonyl (C=O) groups excluding carboxylic acids is 8. The summed E-state index contributed by atoms with van der Waals surface area (Å²) in [5.41, 5.74) is 8.02. The molecule has 0 unspecified atom stereocenters. The quantitative estimate of drug-likeness (QED) is 0.0336. The minimum Gasteiger partial charge on any atom is -0.491 e. The maximum absolute atomic E-state index is 15.2. The van der Waals surface area contributed by atoms with Crippen LogP contribution in [-0.4, -0.2) is 128 Å². The number of benzene rings is 4. The number of ether oxygens (including phenoxy) is 5. The van der Waals surface area contributed by atoms with Crippen LogP contribution >= 0.6 is 0 Å². The first-order chi connectivity index (χ1) is 38.5. The predicted molar refractivity (Wildman–Crippen MR) is 310 cm³/mol. The molecule has 0 spiro atoms. The molecule has 1 aliphatic rings. The predicted octanol–water partition coefficient (Wildman–Crippen LogP) is 7.41. The SMILES string of the molecule is CCCCc1ccc(-c2ccc(C(=O)N[C@@H](CNC(=O)OC(C)(C)C)C(=O)N(C)[C@@H]3C(=O)N[C@@H](C)C(=O)N[C@H](CC(N)=O)Cc4ccc(OCCNC(=O)OC(C)(C)C)c(c4)-c4cc3ccc4OCCNC(=O)OC(C)(C)C)cc2)cc1. The van der Waals surface area contributed by atoms with Gasteiger partial charge in [-0.3, -0.25) is 24.0 Å². The molecule has 0 aromatic heterocycles. The Labute approximate surface area is 480 Å². The van der Waals surface area contributed by atoms with Crippen LogP contribution in [0.1, 0.15) is 129 Å². The van der Waals surface area contributed by atoms with Crippen molar-refractivity contribution in [2.24, 2.45) is 5.73 Å². The maximum Gasteiger partial charge on any atom is 0.407 e. The third-order valence-corrected chi connectivity index (χ3v) is 12.4. The molecule has 0 fully saturated rings. The van der Waals surface area contributed by atoms with Crippen molar-refractivity contribution in [1.29, 1.82) is 0 Å². The number of carbonyl (C=O) groups is 8. The van der Waals surface area contributed by atoms with Crippen LogP contribution in [0.3, 0.4) is 0 Å². The number of unbranched alkanes of at least 4 members (excludes halogenated alkanes) is 1. The van der Waals surface area contributed by atoms with Crippen molar-refractivity contribution in [3.63, 3.8) is 0 Å². The lowest BCUT2D eigenvalue weighted by molar-refractivity contribution is -0.141. The summed E-state index contributed by atoms with van der Waals surface area (Å²) in [7, 11) is 1.34. The van der Waals surface area contributed by atoms with Crippen molar-refractivity contribution in [2.75, 3.05) is 39.9 Å². The van der Waals surface area contributed by atoms with Gasteiger partial charge in [0.25, 0.3) is 5.91 Å². The average molecular weight is 1140 g/mol. The fraction of sp³-hybridized carbons (Fsp3) is 0.475. The minimum absolute atomic E-state index is 0.00601. The van der Waals surface area contributed by atoms with Crippen molar-refractivity contribution in [1.82, 2.24) is 36.8 Å². The summed E-state index contributed by atoms with van der Waals surface area (Å²) in [5, 5.41) is 16.3. The summed E-state index contributed by atoms with van der Waals surface area (Å²) in [5.74, 6) is -3.18. The number of hydrogen-bond donors (Lipinski definition) is 7. The highest BCUT2D eigenvalue weighted by Gasteiger charge is 2.37. The van der Waals surface area contributed by atoms with Crippen LogP contribution in [0.5, 0.6) is 11.5 Å². The Morgan fingerprint density at radius 1 is 0.671 bits per heavy atom. The molecule has 0 saturated heterocycles. The van der Waals surface area contributed by atoms with Crippen LogP contribution in [0, 0.1) is 0 Å². The highest BCUT2D eigenvalue weighted by atomic mass is 16.6. The first-order valence-electron chi connectivity index (χ1n) is 27.6. The normalized spacial score (nSPS) is 15.9. The second-order valence-electron chi connectivity index (χ2n) is 23.1. The van der Waals surface area contributed by atoms with Crippen molar-refractivity contribution in [3.8, 4) is 33.8 Å². The standard InChI is InChI=1S/C61H82N8O13/c1-13-14-15-38-16-19-40(20-17-38)41-21-23-42(24-22-41)53(72)68-47(36-65-58(77)82-61(9,10)11)55(74)69(12)51-43-25-27-49(79-31-29-64-57(76)81-60(6,7)8)46(34-43)45-33-39(18-26-48(45)78-30-28-63-56(75)80-59(3,4)5)32-44(35-50(62)70)67-52(71)37(2)66-54(51)73/h16-27,33-34,37,44,47,51H,13-15,28-32,35-36H2,1-12H3,(H2,62,70)(H,63,75)(H,64,76)(H,65,77)(H,66,73)(H,67,71)(H,68,72)/t37-,44-,47-,51-/m0/s1. The number of nitrogens with one attached hydrogen (secondary N) is 6. The first kappa shape index (κ1) is 64.5. The van der Waals surface area contributed by atoms with E-state index in [0.29, 0.717) is 16.7 Å². The maximum atomic E-state index is 15.2. The Hall–Kier alpha value is -8.36. The van der Waals surface area contributed by atoms with E-state index >= 15 is 4.79 Å². The van der Waals surface area contributed by atoms with E-state index in [1.54, 1.807) is 123 Å². The fourth-order valence-corrected chi connectivity index (χ4v) is 8.66. The summed E-state index contributed by atoms with van der Waals surface area (Å²) in [6.07, 6.45) is 0.758. The van der Waals surface area contributed by atoms with Gasteiger partial charge in [0.15, 0.2) is 0 Å². The van der Waals surface area contributed by atoms with E-state index in [0.717, 1.165) is 35.3 Å². The molecule has 82 heavy (non-hydrogen) atoms. The van der Waals surface area contributed by atoms with Crippen LogP contribution in [0.4, 0.5) is 14.4 Å². The zero-order chi connectivity index (χ0) is 60.5. The number of rotatable bonds is 20. The zero-order valence-corrected chi connectivity index (χ0v) is 49.3. The molecule has 444 valence electrons. The molecule has 4 aromatic rings. The van der Waals surface area contributed by atoms with Gasteiger partial charge >= 0.3 is 18.3 Å². The largest absolute Gasteiger partial charge is 0.491 e. The minimum atomic E-state index is -1.56. The molecule has 0 aliphatic carbocycles. The van der Waals surface area contributed by atoms with Gasteiger partial charge in [0.2, 0.25) is 23.6 Å². The van der Waals surface area contributed by atoms with Gasteiger partial charge in [0.1, 0.15) is 59.6 Å². The zero-order valence-electron chi connectivity index (χ0n) is 49.3. The van der Waals surface area contributed by atoms with Crippen molar-refractivity contribution in [2.45, 2.75) is 149 Å². The van der Waals surface area contributed by atoms with E-state index in [9.17, 15) is 33.6 Å². The van der Waals surface area contributed by atoms with Crippen molar-refractivity contribution >= 4 is 47.8 Å². The van der Waals surface area contributed by atoms with Crippen LogP contribution in [0.25, 0.3) is 22.3 Å². The van der Waals surface area contributed by atoms with Crippen molar-refractivity contribution < 1.29 is 62.0 Å². The van der Waals surface area contributed by atoms with Gasteiger partial charge in [-0.2, -0.15) is 0 Å². The van der Waals surface area contributed by atoms with E-state index in [1.165, 1.54) is 19.5 Å². The van der Waals surface area contributed by atoms with E-state index in [2.05, 4.69) is 51.0 Å². The van der Waals surface area contributed by atoms with Crippen LogP contribution < -0.4 is 47.1 Å². The van der Waals surface area contributed by atoms with Gasteiger partial charge in [-0.05, 0) is 153 Å². The van der Waals surface area contributed by atoms with Crippen LogP contribution in [0.2, 0.25) is 0 Å². The molecular weight excluding hydrogens is 1050 g/mol. The number of nitrogens with two attached hydrogens (primary N) is 1. The number of hydrogen-bond acceptors (Lipinski definition) is 13. The van der Waals surface area contributed by atoms with Gasteiger partial charge in [-0.15, -0.1) is 0 Å². The Balaban J connectivity index is 1.61. The van der Waals surface area contributed by atoms with Gasteiger partial charge in [0.05, 0.1) is 19.6 Å². The highest BCUT2D eigenvalue weighted by Crippen LogP contribution is 2.40. The molecule has 1 aliphatic heterocycles. The Bertz CT molecular complexity index is 2890. The smallest absolute Gasteiger partial charge is 0.407 e. The highest BCUT2D eigenvalue weighted by molar-refractivity contribution is 5.99. The lowest BCUT2D eigenvalue weighted by atomic mass is 9.93. The number of likely N-dealkylation sites (N-methyl/N-ethyl adjacent to an activating group) is 1. The molecule has 5 rings (SSSR count). The monoisotopic (exact) mass is 1130 g/mol. The van der Waals surface area contributed by atoms with Gasteiger partial charge in [0, 0.05) is 36.2 Å². The molecule has 4 atom stereocenters. The van der Waals surface area contributed by atoms with E-state index < -0.39 is 95.3 Å². The summed E-state index contributed by atoms with van der Waals surface area (Å²) < 4.78 is 29.0. The lowest BCUT2D eigenvalue weighted by Gasteiger charge is -2.33. The molecule has 1 heterocycles. The topological polar surface area (TPSA) is 284 Å². The first-order valence-corrected chi connectivity index (χ1v) is 27.6. The number of alkyl carbamates (subject to hydrolysis) is 3. The molecule has 0 saturated carbocycles. The molecule has 4 aromatic carbocycles. The number of fused-ring (bicyclic) bond motifs is 5. The number of primary amides is 1. The summed E-state index contributed by atoms with van der Waals surface area (Å²) in [6, 6.07) is 19.8. The van der Waals surface area contributed by atoms with E-state index in [1.807, 2.05) is 12.1 Å². The van der Waals surface area contributed by atoms with E-state index in [4.69, 9.17) is 29.4 Å². The molecule has 21 heteroatoms. The summed E-state index contributed by atoms with van der Waals surface area (Å²) >= 11 is 0. The van der Waals surface area contributed by atoms with Crippen molar-refractivity contribution in [3.05, 3.63) is 107 Å². The fourth-order valence-electron chi connectivity index (χ4n) is 8.66. The number of aryl methyl sites for hydroxylation is 1. The third kappa shape index (κ3) is 20.6. The molecule has 8 N–H and O–H groups in total. The second-order valence-corrected chi connectivity index (χ2v) is 23.1. The van der Waals surface area contributed by atoms with Gasteiger partial charge < -0.3 is 66.2 Å². The van der Waals surface area contributed by atoms with E-state index in [-0.39, 0.29) is 61.8 Å². The lowest BCUT2D eigenvalue weighted by Crippen LogP contribution is -2.56. The Morgan fingerprint density at radius 2 is 1.18 bits per heavy atom. The second kappa shape index (κ2) is 28.9. The molecular formula is C61H82N8O13. The van der Waals surface area contributed by atoms with Gasteiger partial charge in [-0.1, -0.05) is 61.9 Å². The summed E-state index contributed by atoms with van der Waals surface area (Å²) in [4.78, 5) is 110. The third-order valence-electron chi connectivity index (χ3n) is 12.4. The van der Waals surface area contributed by atoms with Crippen LogP contribution in [0.15, 0.2) is 84.9 Å². The van der Waals surface area contributed by atoms with Crippen LogP contribution in [-0.2, 0) is 46.2 Å². The Morgan fingerprint density at radius 3 is 1.71 bits per heavy atom. The molecule has 8 amide bonds. The van der Waals surface area contributed by atoms with Gasteiger partial charge in [-0.25, -0.2) is 14.4 Å². The number of nitrogens with zero attached hydrogens (tertiary/aromatic N) is 1. The molecule has 4 bridgehead atoms. The Kier molecular flexibility index (Phi) is 22.7. The number of amides is 8. The average Bonchev–Trinajstić information content (AvgIpc) is 3.38.